The molecule has 1 aromatic rings. The molecule has 0 spiro atoms. The second kappa shape index (κ2) is 5.98. The van der Waals surface area contributed by atoms with Crippen molar-refractivity contribution in [2.24, 2.45) is 17.8 Å². The molecule has 0 aromatic heterocycles. The molecule has 20 heavy (non-hydrogen) atoms. The number of nitrogens with two attached hydrogens (primary N) is 1. The Bertz CT molecular complexity index is 476. The molecule has 0 bridgehead atoms. The predicted molar refractivity (Wildman–Crippen MR) is 76.5 cm³/mol. The Morgan fingerprint density at radius 3 is 2.60 bits per heavy atom. The van der Waals surface area contributed by atoms with Crippen molar-refractivity contribution >= 4 is 5.69 Å². The minimum absolute atomic E-state index is 0.0997. The van der Waals surface area contributed by atoms with Crippen LogP contribution in [0.3, 0.4) is 0 Å². The van der Waals surface area contributed by atoms with Crippen LogP contribution >= 0.6 is 0 Å². The SMILES string of the molecule is CC1CCC(C(C)C)C(Oc2c(N)ccc(F)c2F)C1. The van der Waals surface area contributed by atoms with Crippen LogP contribution in [0.2, 0.25) is 0 Å². The summed E-state index contributed by atoms with van der Waals surface area (Å²) >= 11 is 0. The van der Waals surface area contributed by atoms with E-state index in [-0.39, 0.29) is 17.5 Å². The van der Waals surface area contributed by atoms with Crippen LogP contribution in [0.25, 0.3) is 0 Å². The van der Waals surface area contributed by atoms with E-state index >= 15 is 0 Å². The fourth-order valence-corrected chi connectivity index (χ4v) is 3.07. The van der Waals surface area contributed by atoms with Gasteiger partial charge < -0.3 is 10.5 Å². The van der Waals surface area contributed by atoms with Crippen LogP contribution in [-0.4, -0.2) is 6.10 Å². The van der Waals surface area contributed by atoms with Gasteiger partial charge in [0.25, 0.3) is 0 Å². The van der Waals surface area contributed by atoms with Crippen LogP contribution in [0.1, 0.15) is 40.0 Å². The van der Waals surface area contributed by atoms with Crippen molar-refractivity contribution in [2.75, 3.05) is 5.73 Å². The van der Waals surface area contributed by atoms with Crippen LogP contribution in [0, 0.1) is 29.4 Å². The van der Waals surface area contributed by atoms with Gasteiger partial charge in [-0.15, -0.1) is 0 Å². The summed E-state index contributed by atoms with van der Waals surface area (Å²) in [5.41, 5.74) is 5.89. The van der Waals surface area contributed by atoms with Gasteiger partial charge in [0, 0.05) is 0 Å². The molecule has 4 heteroatoms. The first-order valence-electron chi connectivity index (χ1n) is 7.30. The molecule has 3 atom stereocenters. The zero-order valence-corrected chi connectivity index (χ0v) is 12.3. The molecule has 1 aliphatic carbocycles. The quantitative estimate of drug-likeness (QED) is 0.835. The molecule has 1 aliphatic rings. The average Bonchev–Trinajstić information content (AvgIpc) is 2.39. The maximum absolute atomic E-state index is 13.9. The summed E-state index contributed by atoms with van der Waals surface area (Å²) in [6.07, 6.45) is 2.97. The Hall–Kier alpha value is -1.32. The molecule has 1 fully saturated rings. The van der Waals surface area contributed by atoms with Gasteiger partial charge in [-0.2, -0.15) is 4.39 Å². The number of halogens is 2. The lowest BCUT2D eigenvalue weighted by atomic mass is 9.75. The number of rotatable bonds is 3. The van der Waals surface area contributed by atoms with Gasteiger partial charge in [0.1, 0.15) is 6.10 Å². The minimum atomic E-state index is -0.981. The highest BCUT2D eigenvalue weighted by atomic mass is 19.2. The molecule has 0 saturated heterocycles. The molecule has 0 heterocycles. The van der Waals surface area contributed by atoms with Crippen LogP contribution in [0.4, 0.5) is 14.5 Å². The fourth-order valence-electron chi connectivity index (χ4n) is 3.07. The van der Waals surface area contributed by atoms with Gasteiger partial charge in [0.2, 0.25) is 5.82 Å². The van der Waals surface area contributed by atoms with E-state index in [4.69, 9.17) is 10.5 Å². The van der Waals surface area contributed by atoms with Crippen molar-refractivity contribution in [1.29, 1.82) is 0 Å². The highest BCUT2D eigenvalue weighted by Gasteiger charge is 2.33. The normalized spacial score (nSPS) is 26.8. The van der Waals surface area contributed by atoms with Gasteiger partial charge in [-0.1, -0.05) is 27.2 Å². The third-order valence-corrected chi connectivity index (χ3v) is 4.31. The maximum Gasteiger partial charge on any atom is 0.202 e. The third-order valence-electron chi connectivity index (χ3n) is 4.31. The summed E-state index contributed by atoms with van der Waals surface area (Å²) in [6, 6.07) is 2.38. The monoisotopic (exact) mass is 283 g/mol. The van der Waals surface area contributed by atoms with Gasteiger partial charge >= 0.3 is 0 Å². The summed E-state index contributed by atoms with van der Waals surface area (Å²) in [6.45, 7) is 6.45. The molecule has 1 aromatic carbocycles. The Morgan fingerprint density at radius 1 is 1.25 bits per heavy atom. The first-order chi connectivity index (χ1) is 9.40. The molecule has 2 N–H and O–H groups in total. The molecule has 3 unspecified atom stereocenters. The van der Waals surface area contributed by atoms with Crippen LogP contribution in [0.5, 0.6) is 5.75 Å². The van der Waals surface area contributed by atoms with E-state index in [1.54, 1.807) is 0 Å². The molecule has 1 saturated carbocycles. The van der Waals surface area contributed by atoms with Crippen molar-refractivity contribution in [3.8, 4) is 5.75 Å². The molecule has 2 nitrogen and oxygen atoms in total. The standard InChI is InChI=1S/C16H23F2NO/c1-9(2)11-5-4-10(3)8-14(11)20-16-13(19)7-6-12(17)15(16)18/h6-7,9-11,14H,4-5,8,19H2,1-3H3. The maximum atomic E-state index is 13.9. The molecular weight excluding hydrogens is 260 g/mol. The Balaban J connectivity index is 2.24. The zero-order chi connectivity index (χ0) is 14.9. The summed E-state index contributed by atoms with van der Waals surface area (Å²) in [4.78, 5) is 0. The van der Waals surface area contributed by atoms with Gasteiger partial charge in [0.05, 0.1) is 5.69 Å². The Kier molecular flexibility index (Phi) is 4.51. The summed E-state index contributed by atoms with van der Waals surface area (Å²) in [5, 5.41) is 0. The highest BCUT2D eigenvalue weighted by Crippen LogP contribution is 2.38. The van der Waals surface area contributed by atoms with Crippen molar-refractivity contribution in [3.63, 3.8) is 0 Å². The Morgan fingerprint density at radius 2 is 1.95 bits per heavy atom. The van der Waals surface area contributed by atoms with Gasteiger partial charge in [0.15, 0.2) is 11.6 Å². The van der Waals surface area contributed by atoms with Crippen molar-refractivity contribution in [1.82, 2.24) is 0 Å². The molecule has 2 rings (SSSR count). The van der Waals surface area contributed by atoms with E-state index in [9.17, 15) is 8.78 Å². The van der Waals surface area contributed by atoms with Gasteiger partial charge in [-0.3, -0.25) is 0 Å². The predicted octanol–water partition coefficient (Wildman–Crippen LogP) is 4.39. The first-order valence-corrected chi connectivity index (χ1v) is 7.30. The zero-order valence-electron chi connectivity index (χ0n) is 12.3. The number of ether oxygens (including phenoxy) is 1. The lowest BCUT2D eigenvalue weighted by molar-refractivity contribution is 0.0432. The lowest BCUT2D eigenvalue weighted by Crippen LogP contribution is -2.36. The number of hydrogen-bond acceptors (Lipinski definition) is 2. The first kappa shape index (κ1) is 15.1. The van der Waals surface area contributed by atoms with E-state index in [2.05, 4.69) is 20.8 Å². The van der Waals surface area contributed by atoms with Crippen molar-refractivity contribution < 1.29 is 13.5 Å². The lowest BCUT2D eigenvalue weighted by Gasteiger charge is -2.37. The molecular formula is C16H23F2NO. The van der Waals surface area contributed by atoms with E-state index < -0.39 is 11.6 Å². The van der Waals surface area contributed by atoms with Gasteiger partial charge in [-0.05, 0) is 42.7 Å². The van der Waals surface area contributed by atoms with Crippen molar-refractivity contribution in [3.05, 3.63) is 23.8 Å². The van der Waals surface area contributed by atoms with Crippen LogP contribution < -0.4 is 10.5 Å². The van der Waals surface area contributed by atoms with E-state index in [0.717, 1.165) is 25.3 Å². The van der Waals surface area contributed by atoms with Crippen LogP contribution in [-0.2, 0) is 0 Å². The molecule has 0 aliphatic heterocycles. The van der Waals surface area contributed by atoms with Gasteiger partial charge in [-0.25, -0.2) is 4.39 Å². The highest BCUT2D eigenvalue weighted by molar-refractivity contribution is 5.53. The second-order valence-electron chi connectivity index (χ2n) is 6.26. The Labute approximate surface area is 119 Å². The summed E-state index contributed by atoms with van der Waals surface area (Å²) in [7, 11) is 0. The van der Waals surface area contributed by atoms with E-state index in [0.29, 0.717) is 17.8 Å². The third kappa shape index (κ3) is 3.05. The smallest absolute Gasteiger partial charge is 0.202 e. The topological polar surface area (TPSA) is 35.2 Å². The number of benzene rings is 1. The van der Waals surface area contributed by atoms with Crippen LogP contribution in [0.15, 0.2) is 12.1 Å². The number of anilines is 1. The molecule has 0 radical (unpaired) electrons. The summed E-state index contributed by atoms with van der Waals surface area (Å²) in [5.74, 6) is -0.689. The fraction of sp³-hybridized carbons (Fsp3) is 0.625. The number of nitrogen functional groups attached to an aromatic ring is 1. The van der Waals surface area contributed by atoms with E-state index in [1.165, 1.54) is 6.07 Å². The average molecular weight is 283 g/mol. The largest absolute Gasteiger partial charge is 0.485 e. The van der Waals surface area contributed by atoms with Crippen molar-refractivity contribution in [2.45, 2.75) is 46.1 Å². The summed E-state index contributed by atoms with van der Waals surface area (Å²) < 4.78 is 33.0. The van der Waals surface area contributed by atoms with E-state index in [1.807, 2.05) is 0 Å². The molecule has 0 amide bonds. The minimum Gasteiger partial charge on any atom is -0.485 e. The number of hydrogen-bond donors (Lipinski definition) is 1. The second-order valence-corrected chi connectivity index (χ2v) is 6.26. The molecule has 112 valence electrons.